The van der Waals surface area contributed by atoms with Crippen LogP contribution in [0.2, 0.25) is 0 Å². The third kappa shape index (κ3) is 3.49. The number of rotatable bonds is 4. The van der Waals surface area contributed by atoms with Gasteiger partial charge in [-0.05, 0) is 47.5 Å². The van der Waals surface area contributed by atoms with E-state index in [-0.39, 0.29) is 0 Å². The van der Waals surface area contributed by atoms with Gasteiger partial charge in [0.05, 0.1) is 27.8 Å². The van der Waals surface area contributed by atoms with Crippen LogP contribution in [0, 0.1) is 0 Å². The van der Waals surface area contributed by atoms with E-state index in [0.717, 1.165) is 39.4 Å². The Balaban J connectivity index is 1.53. The van der Waals surface area contributed by atoms with Crippen molar-refractivity contribution in [3.63, 3.8) is 0 Å². The molecule has 0 unspecified atom stereocenters. The minimum absolute atomic E-state index is 0.905. The fourth-order valence-corrected chi connectivity index (χ4v) is 5.95. The predicted molar refractivity (Wildman–Crippen MR) is 166 cm³/mol. The Morgan fingerprint density at radius 3 is 1.55 bits per heavy atom. The highest BCUT2D eigenvalue weighted by Crippen LogP contribution is 2.41. The maximum Gasteiger partial charge on any atom is 0.138 e. The number of fused-ring (bicyclic) bond motifs is 5. The van der Waals surface area contributed by atoms with E-state index in [2.05, 4.69) is 155 Å². The molecule has 0 aliphatic carbocycles. The molecule has 3 heteroatoms. The Morgan fingerprint density at radius 2 is 0.900 bits per heavy atom. The average Bonchev–Trinajstić information content (AvgIpc) is 3.55. The van der Waals surface area contributed by atoms with Crippen LogP contribution in [0.4, 0.5) is 0 Å². The molecular weight excluding hydrogens is 486 g/mol. The predicted octanol–water partition coefficient (Wildman–Crippen LogP) is 9.46. The molecule has 0 aliphatic rings. The molecule has 3 aromatic heterocycles. The molecule has 0 bridgehead atoms. The Labute approximate surface area is 232 Å². The van der Waals surface area contributed by atoms with Gasteiger partial charge < -0.3 is 4.57 Å². The zero-order valence-electron chi connectivity index (χ0n) is 21.8. The van der Waals surface area contributed by atoms with E-state index in [1.165, 1.54) is 27.4 Å². The fraction of sp³-hybridized carbons (Fsp3) is 0. The summed E-state index contributed by atoms with van der Waals surface area (Å²) in [4.78, 5) is 5.31. The zero-order valence-corrected chi connectivity index (χ0v) is 21.8. The van der Waals surface area contributed by atoms with Gasteiger partial charge in [-0.2, -0.15) is 0 Å². The largest absolute Gasteiger partial charge is 0.307 e. The molecule has 0 N–H and O–H groups in total. The van der Waals surface area contributed by atoms with Gasteiger partial charge >= 0.3 is 0 Å². The van der Waals surface area contributed by atoms with Gasteiger partial charge in [0, 0.05) is 22.0 Å². The molecule has 8 rings (SSSR count). The number of nitrogens with zero attached hydrogens (tertiary/aromatic N) is 3. The van der Waals surface area contributed by atoms with Crippen LogP contribution < -0.4 is 0 Å². The first-order chi connectivity index (χ1) is 19.9. The second kappa shape index (κ2) is 9.11. The minimum Gasteiger partial charge on any atom is -0.307 e. The van der Waals surface area contributed by atoms with Crippen molar-refractivity contribution < 1.29 is 0 Å². The summed E-state index contributed by atoms with van der Waals surface area (Å²) in [5.41, 5.74) is 10.2. The number of para-hydroxylation sites is 3. The third-order valence-corrected chi connectivity index (χ3v) is 7.70. The molecular formula is C37H25N3. The van der Waals surface area contributed by atoms with Crippen LogP contribution in [-0.2, 0) is 0 Å². The standard InChI is InChI=1S/C37H25N3/c1-4-14-26(15-5-1)28-24-32(27-16-6-2-7-17-27)38-35(25-28)40-34-23-13-11-21-31(34)36-37(40)30-20-10-12-22-33(30)39(36)29-18-8-3-9-19-29/h1-25H. The Kier molecular flexibility index (Phi) is 5.14. The summed E-state index contributed by atoms with van der Waals surface area (Å²) in [6.07, 6.45) is 0. The zero-order chi connectivity index (χ0) is 26.5. The molecule has 8 aromatic rings. The molecule has 0 amide bonds. The number of hydrogen-bond acceptors (Lipinski definition) is 1. The van der Waals surface area contributed by atoms with Gasteiger partial charge in [0.25, 0.3) is 0 Å². The van der Waals surface area contributed by atoms with E-state index in [1.807, 2.05) is 6.07 Å². The number of pyridine rings is 1. The van der Waals surface area contributed by atoms with Crippen LogP contribution >= 0.6 is 0 Å². The van der Waals surface area contributed by atoms with Crippen LogP contribution in [0.3, 0.4) is 0 Å². The van der Waals surface area contributed by atoms with E-state index >= 15 is 0 Å². The molecule has 3 nitrogen and oxygen atoms in total. The monoisotopic (exact) mass is 511 g/mol. The quantitative estimate of drug-likeness (QED) is 0.231. The first-order valence-electron chi connectivity index (χ1n) is 13.6. The maximum absolute atomic E-state index is 5.31. The van der Waals surface area contributed by atoms with E-state index in [0.29, 0.717) is 0 Å². The van der Waals surface area contributed by atoms with Gasteiger partial charge in [-0.1, -0.05) is 115 Å². The molecule has 0 saturated heterocycles. The van der Waals surface area contributed by atoms with Crippen molar-refractivity contribution in [3.05, 3.63) is 152 Å². The highest BCUT2D eigenvalue weighted by atomic mass is 15.1. The fourth-order valence-electron chi connectivity index (χ4n) is 5.95. The molecule has 5 aromatic carbocycles. The molecule has 0 fully saturated rings. The second-order valence-corrected chi connectivity index (χ2v) is 10.1. The van der Waals surface area contributed by atoms with Crippen molar-refractivity contribution in [2.24, 2.45) is 0 Å². The lowest BCUT2D eigenvalue weighted by Gasteiger charge is -2.13. The molecule has 3 heterocycles. The second-order valence-electron chi connectivity index (χ2n) is 10.1. The molecule has 0 atom stereocenters. The van der Waals surface area contributed by atoms with Crippen molar-refractivity contribution in [3.8, 4) is 33.9 Å². The summed E-state index contributed by atoms with van der Waals surface area (Å²) in [7, 11) is 0. The molecule has 0 saturated carbocycles. The lowest BCUT2D eigenvalue weighted by atomic mass is 10.0. The molecule has 188 valence electrons. The highest BCUT2D eigenvalue weighted by Gasteiger charge is 2.22. The molecule has 0 aliphatic heterocycles. The van der Waals surface area contributed by atoms with Crippen LogP contribution in [0.1, 0.15) is 0 Å². The van der Waals surface area contributed by atoms with Crippen molar-refractivity contribution in [1.29, 1.82) is 0 Å². The summed E-state index contributed by atoms with van der Waals surface area (Å²) in [5, 5.41) is 2.40. The van der Waals surface area contributed by atoms with Crippen molar-refractivity contribution in [2.45, 2.75) is 0 Å². The summed E-state index contributed by atoms with van der Waals surface area (Å²) < 4.78 is 4.74. The van der Waals surface area contributed by atoms with Crippen LogP contribution in [0.25, 0.3) is 66.7 Å². The third-order valence-electron chi connectivity index (χ3n) is 7.70. The molecule has 0 spiro atoms. The van der Waals surface area contributed by atoms with E-state index < -0.39 is 0 Å². The summed E-state index contributed by atoms with van der Waals surface area (Å²) in [5.74, 6) is 0.905. The molecule has 40 heavy (non-hydrogen) atoms. The van der Waals surface area contributed by atoms with Crippen LogP contribution in [-0.4, -0.2) is 14.1 Å². The first kappa shape index (κ1) is 22.6. The first-order valence-corrected chi connectivity index (χ1v) is 13.6. The van der Waals surface area contributed by atoms with Crippen molar-refractivity contribution >= 4 is 32.8 Å². The smallest absolute Gasteiger partial charge is 0.138 e. The highest BCUT2D eigenvalue weighted by molar-refractivity contribution is 6.19. The SMILES string of the molecule is c1ccc(-c2cc(-c3ccccc3)nc(-n3c4ccccc4c4c3c3ccccc3n4-c3ccccc3)c2)cc1. The topological polar surface area (TPSA) is 22.8 Å². The van der Waals surface area contributed by atoms with E-state index in [9.17, 15) is 0 Å². The van der Waals surface area contributed by atoms with E-state index in [4.69, 9.17) is 4.98 Å². The Morgan fingerprint density at radius 1 is 0.400 bits per heavy atom. The lowest BCUT2D eigenvalue weighted by Crippen LogP contribution is -2.00. The van der Waals surface area contributed by atoms with Gasteiger partial charge in [0.1, 0.15) is 5.82 Å². The van der Waals surface area contributed by atoms with Crippen LogP contribution in [0.15, 0.2) is 152 Å². The van der Waals surface area contributed by atoms with Gasteiger partial charge in [-0.15, -0.1) is 0 Å². The normalized spacial score (nSPS) is 11.5. The van der Waals surface area contributed by atoms with Crippen molar-refractivity contribution in [2.75, 3.05) is 0 Å². The minimum atomic E-state index is 0.905. The van der Waals surface area contributed by atoms with Gasteiger partial charge in [-0.25, -0.2) is 4.98 Å². The van der Waals surface area contributed by atoms with Gasteiger partial charge in [-0.3, -0.25) is 4.57 Å². The average molecular weight is 512 g/mol. The summed E-state index contributed by atoms with van der Waals surface area (Å²) in [6, 6.07) is 53.5. The number of benzene rings is 5. The van der Waals surface area contributed by atoms with Gasteiger partial charge in [0.2, 0.25) is 0 Å². The number of aromatic nitrogens is 3. The van der Waals surface area contributed by atoms with Crippen LogP contribution in [0.5, 0.6) is 0 Å². The Bertz CT molecular complexity index is 2070. The summed E-state index contributed by atoms with van der Waals surface area (Å²) >= 11 is 0. The van der Waals surface area contributed by atoms with Crippen molar-refractivity contribution in [1.82, 2.24) is 14.1 Å². The van der Waals surface area contributed by atoms with E-state index in [1.54, 1.807) is 0 Å². The molecule has 0 radical (unpaired) electrons. The lowest BCUT2D eigenvalue weighted by molar-refractivity contribution is 1.09. The maximum atomic E-state index is 5.31. The Hall–Kier alpha value is -5.41. The summed E-state index contributed by atoms with van der Waals surface area (Å²) in [6.45, 7) is 0. The number of hydrogen-bond donors (Lipinski definition) is 0. The van der Waals surface area contributed by atoms with Gasteiger partial charge in [0.15, 0.2) is 0 Å².